The minimum absolute atomic E-state index is 0.0513. The van der Waals surface area contributed by atoms with Crippen LogP contribution in [0, 0.1) is 11.6 Å². The average molecular weight is 385 g/mol. The van der Waals surface area contributed by atoms with Crippen LogP contribution in [0.3, 0.4) is 0 Å². The Morgan fingerprint density at radius 1 is 1.11 bits per heavy atom. The topological polar surface area (TPSA) is 58.2 Å². The van der Waals surface area contributed by atoms with Gasteiger partial charge in [-0.3, -0.25) is 4.79 Å². The highest BCUT2D eigenvalue weighted by Gasteiger charge is 2.22. The van der Waals surface area contributed by atoms with Gasteiger partial charge < -0.3 is 14.6 Å². The van der Waals surface area contributed by atoms with Gasteiger partial charge in [-0.15, -0.1) is 0 Å². The largest absolute Gasteiger partial charge is 0.494 e. The second-order valence-electron chi connectivity index (χ2n) is 7.23. The van der Waals surface area contributed by atoms with Crippen LogP contribution in [0.2, 0.25) is 0 Å². The molecule has 0 aliphatic carbocycles. The van der Waals surface area contributed by atoms with Gasteiger partial charge in [0, 0.05) is 5.92 Å². The number of hydrogen-bond donors (Lipinski definition) is 1. The fraction of sp³-hybridized carbons (Fsp3) is 0.333. The molecule has 4 rings (SSSR count). The highest BCUT2D eigenvalue weighted by Crippen LogP contribution is 2.30. The van der Waals surface area contributed by atoms with Crippen molar-refractivity contribution in [2.75, 3.05) is 27.2 Å². The van der Waals surface area contributed by atoms with Crippen LogP contribution in [0.15, 0.2) is 35.1 Å². The molecular weight excluding hydrogens is 364 g/mol. The zero-order chi connectivity index (χ0) is 19.8. The molecule has 0 bridgehead atoms. The molecule has 0 amide bonds. The lowest BCUT2D eigenvalue weighted by atomic mass is 9.96. The maximum absolute atomic E-state index is 14.8. The van der Waals surface area contributed by atoms with Crippen molar-refractivity contribution >= 4 is 10.9 Å². The molecular formula is C21H21F2N3O2. The molecule has 2 aromatic carbocycles. The predicted molar refractivity (Wildman–Crippen MR) is 104 cm³/mol. The van der Waals surface area contributed by atoms with Crippen LogP contribution in [0.5, 0.6) is 5.75 Å². The molecule has 1 aromatic heterocycles. The maximum Gasteiger partial charge on any atom is 0.258 e. The molecule has 0 saturated carbocycles. The first-order valence-corrected chi connectivity index (χ1v) is 9.22. The van der Waals surface area contributed by atoms with E-state index in [4.69, 9.17) is 4.74 Å². The number of fused-ring (bicyclic) bond motifs is 1. The van der Waals surface area contributed by atoms with Gasteiger partial charge in [0.25, 0.3) is 5.56 Å². The van der Waals surface area contributed by atoms with Gasteiger partial charge >= 0.3 is 0 Å². The number of likely N-dealkylation sites (tertiary alicyclic amines) is 1. The van der Waals surface area contributed by atoms with Crippen molar-refractivity contribution in [2.24, 2.45) is 0 Å². The van der Waals surface area contributed by atoms with E-state index in [9.17, 15) is 13.6 Å². The van der Waals surface area contributed by atoms with Crippen molar-refractivity contribution < 1.29 is 13.5 Å². The van der Waals surface area contributed by atoms with Crippen molar-refractivity contribution in [2.45, 2.75) is 18.8 Å². The summed E-state index contributed by atoms with van der Waals surface area (Å²) in [7, 11) is 3.43. The molecule has 146 valence electrons. The van der Waals surface area contributed by atoms with Crippen LogP contribution in [0.4, 0.5) is 8.78 Å². The SMILES string of the molecule is COc1ccc(-c2cc(F)c3nc(C4CCN(C)CC4)[nH]c(=O)c3c2)cc1F. The van der Waals surface area contributed by atoms with E-state index in [2.05, 4.69) is 21.9 Å². The van der Waals surface area contributed by atoms with Crippen molar-refractivity contribution in [3.63, 3.8) is 0 Å². The lowest BCUT2D eigenvalue weighted by Crippen LogP contribution is -2.30. The molecule has 0 unspecified atom stereocenters. The fourth-order valence-electron chi connectivity index (χ4n) is 3.71. The minimum Gasteiger partial charge on any atom is -0.494 e. The van der Waals surface area contributed by atoms with E-state index in [1.807, 2.05) is 0 Å². The summed E-state index contributed by atoms with van der Waals surface area (Å²) >= 11 is 0. The molecule has 3 aromatic rings. The molecule has 2 heterocycles. The van der Waals surface area contributed by atoms with Gasteiger partial charge in [-0.25, -0.2) is 13.8 Å². The number of aromatic nitrogens is 2. The third kappa shape index (κ3) is 3.38. The van der Waals surface area contributed by atoms with E-state index in [1.54, 1.807) is 12.1 Å². The Morgan fingerprint density at radius 2 is 1.82 bits per heavy atom. The zero-order valence-electron chi connectivity index (χ0n) is 15.8. The van der Waals surface area contributed by atoms with Crippen LogP contribution in [0.1, 0.15) is 24.6 Å². The number of H-pyrrole nitrogens is 1. The van der Waals surface area contributed by atoms with E-state index in [1.165, 1.54) is 25.3 Å². The summed E-state index contributed by atoms with van der Waals surface area (Å²) in [4.78, 5) is 22.1. The smallest absolute Gasteiger partial charge is 0.258 e. The normalized spacial score (nSPS) is 15.9. The second kappa shape index (κ2) is 7.31. The summed E-state index contributed by atoms with van der Waals surface area (Å²) in [5.41, 5.74) is 0.535. The standard InChI is InChI=1S/C21H21F2N3O2/c1-26-7-5-12(6-8-26)20-24-19-15(21(27)25-20)9-14(11-17(19)23)13-3-4-18(28-2)16(22)10-13/h3-4,9-12H,5-8H2,1-2H3,(H,24,25,27). The third-order valence-electron chi connectivity index (χ3n) is 5.37. The number of hydrogen-bond acceptors (Lipinski definition) is 4. The Kier molecular flexibility index (Phi) is 4.85. The fourth-order valence-corrected chi connectivity index (χ4v) is 3.71. The Bertz CT molecular complexity index is 1090. The van der Waals surface area contributed by atoms with E-state index in [-0.39, 0.29) is 28.1 Å². The lowest BCUT2D eigenvalue weighted by molar-refractivity contribution is 0.251. The Hall–Kier alpha value is -2.80. The summed E-state index contributed by atoms with van der Waals surface area (Å²) in [5, 5.41) is 0.155. The average Bonchev–Trinajstić information content (AvgIpc) is 2.69. The highest BCUT2D eigenvalue weighted by atomic mass is 19.1. The third-order valence-corrected chi connectivity index (χ3v) is 5.37. The van der Waals surface area contributed by atoms with E-state index >= 15 is 0 Å². The first-order chi connectivity index (χ1) is 13.5. The quantitative estimate of drug-likeness (QED) is 0.747. The molecule has 7 heteroatoms. The van der Waals surface area contributed by atoms with Crippen molar-refractivity contribution in [1.29, 1.82) is 0 Å². The molecule has 1 saturated heterocycles. The number of halogens is 2. The second-order valence-corrected chi connectivity index (χ2v) is 7.23. The van der Waals surface area contributed by atoms with Crippen LogP contribution >= 0.6 is 0 Å². The molecule has 1 aliphatic rings. The molecule has 5 nitrogen and oxygen atoms in total. The monoisotopic (exact) mass is 385 g/mol. The first-order valence-electron chi connectivity index (χ1n) is 9.22. The number of ether oxygens (including phenoxy) is 1. The van der Waals surface area contributed by atoms with Crippen molar-refractivity contribution in [3.05, 3.63) is 58.1 Å². The van der Waals surface area contributed by atoms with Crippen molar-refractivity contribution in [1.82, 2.24) is 14.9 Å². The molecule has 28 heavy (non-hydrogen) atoms. The van der Waals surface area contributed by atoms with Gasteiger partial charge in [0.2, 0.25) is 0 Å². The van der Waals surface area contributed by atoms with E-state index in [0.717, 1.165) is 25.9 Å². The van der Waals surface area contributed by atoms with Gasteiger partial charge in [-0.2, -0.15) is 0 Å². The van der Waals surface area contributed by atoms with Crippen LogP contribution in [0.25, 0.3) is 22.0 Å². The van der Waals surface area contributed by atoms with Gasteiger partial charge in [-0.05, 0) is 68.4 Å². The van der Waals surface area contributed by atoms with Gasteiger partial charge in [0.15, 0.2) is 11.6 Å². The minimum atomic E-state index is -0.594. The van der Waals surface area contributed by atoms with Crippen LogP contribution in [-0.4, -0.2) is 42.1 Å². The number of nitrogens with zero attached hydrogens (tertiary/aromatic N) is 2. The van der Waals surface area contributed by atoms with Gasteiger partial charge in [-0.1, -0.05) is 6.07 Å². The van der Waals surface area contributed by atoms with Gasteiger partial charge in [0.05, 0.1) is 12.5 Å². The molecule has 0 atom stereocenters. The number of benzene rings is 2. The summed E-state index contributed by atoms with van der Waals surface area (Å²) in [6, 6.07) is 7.18. The summed E-state index contributed by atoms with van der Waals surface area (Å²) in [6.45, 7) is 1.83. The maximum atomic E-state index is 14.8. The molecule has 1 fully saturated rings. The van der Waals surface area contributed by atoms with E-state index in [0.29, 0.717) is 17.0 Å². The molecule has 0 spiro atoms. The van der Waals surface area contributed by atoms with Gasteiger partial charge in [0.1, 0.15) is 17.2 Å². The predicted octanol–water partition coefficient (Wildman–Crippen LogP) is 3.69. The Labute approximate surface area is 161 Å². The molecule has 1 aliphatic heterocycles. The first kappa shape index (κ1) is 18.6. The van der Waals surface area contributed by atoms with Crippen LogP contribution < -0.4 is 10.3 Å². The summed E-state index contributed by atoms with van der Waals surface area (Å²) in [6.07, 6.45) is 1.74. The number of piperidine rings is 1. The zero-order valence-corrected chi connectivity index (χ0v) is 15.8. The van der Waals surface area contributed by atoms with Crippen molar-refractivity contribution in [3.8, 4) is 16.9 Å². The molecule has 1 N–H and O–H groups in total. The van der Waals surface area contributed by atoms with E-state index < -0.39 is 11.6 Å². The summed E-state index contributed by atoms with van der Waals surface area (Å²) in [5.74, 6) is -0.391. The highest BCUT2D eigenvalue weighted by molar-refractivity contribution is 5.84. The number of rotatable bonds is 3. The Balaban J connectivity index is 1.77. The summed E-state index contributed by atoms with van der Waals surface area (Å²) < 4.78 is 33.7. The molecule has 0 radical (unpaired) electrons. The number of nitrogens with one attached hydrogen (secondary N) is 1. The van der Waals surface area contributed by atoms with Crippen LogP contribution in [-0.2, 0) is 0 Å². The Morgan fingerprint density at radius 3 is 2.50 bits per heavy atom. The number of aromatic amines is 1. The number of methoxy groups -OCH3 is 1. The lowest BCUT2D eigenvalue weighted by Gasteiger charge is -2.28.